The normalized spacial score (nSPS) is 24.8. The number of thiazole rings is 1. The van der Waals surface area contributed by atoms with E-state index < -0.39 is 53.2 Å². The molecule has 19 heteroatoms. The standard InChI is InChI=1S/C20H21N9O7S3/c1-28-10(21)2-8(24-18(28)22)7-4-38-17-20(6-37,16(35)29(17)13(7)15(33)34)26-14(32)12(27-36-3-11(30)31)9-5-39-19(23)25-9/h2,5-6,10,17H,3-4,21H2,1H3,(H2,22,24)(H2,23,25)(H,26,32)(H,30,31)(H,33,34)/b27-12-/t10?,17-,20+/m1/s1. The Hall–Kier alpha value is -4.07. The van der Waals surface area contributed by atoms with E-state index in [0.29, 0.717) is 0 Å². The third kappa shape index (κ3) is 4.91. The van der Waals surface area contributed by atoms with Crippen molar-refractivity contribution in [2.75, 3.05) is 25.1 Å². The Labute approximate surface area is 233 Å². The maximum Gasteiger partial charge on any atom is 0.353 e. The summed E-state index contributed by atoms with van der Waals surface area (Å²) in [6, 6.07) is 0. The Morgan fingerprint density at radius 1 is 1.38 bits per heavy atom. The number of thioether (sulfide) groups is 1. The molecule has 0 radical (unpaired) electrons. The Bertz CT molecular complexity index is 1400. The van der Waals surface area contributed by atoms with E-state index in [1.807, 2.05) is 0 Å². The molecule has 0 aliphatic carbocycles. The number of carbonyl (C=O) groups is 4. The van der Waals surface area contributed by atoms with Gasteiger partial charge in [0.25, 0.3) is 11.8 Å². The number of carboxylic acid groups (broad SMARTS) is 2. The average molecular weight is 596 g/mol. The number of nitrogens with two attached hydrogens (primary N) is 3. The number of nitrogens with one attached hydrogen (secondary N) is 1. The molecule has 16 nitrogen and oxygen atoms in total. The number of aliphatic carboxylic acids is 2. The van der Waals surface area contributed by atoms with E-state index in [1.165, 1.54) is 16.4 Å². The molecule has 3 atom stereocenters. The van der Waals surface area contributed by atoms with Crippen LogP contribution in [-0.2, 0) is 24.0 Å². The van der Waals surface area contributed by atoms with Gasteiger partial charge in [0, 0.05) is 29.1 Å². The Kier molecular flexibility index (Phi) is 7.59. The van der Waals surface area contributed by atoms with Gasteiger partial charge in [-0.3, -0.25) is 14.5 Å². The zero-order valence-corrected chi connectivity index (χ0v) is 22.4. The lowest BCUT2D eigenvalue weighted by Crippen LogP contribution is -2.81. The van der Waals surface area contributed by atoms with Gasteiger partial charge < -0.3 is 42.5 Å². The highest BCUT2D eigenvalue weighted by atomic mass is 32.2. The molecule has 9 N–H and O–H groups in total. The van der Waals surface area contributed by atoms with Crippen LogP contribution in [0.1, 0.15) is 5.69 Å². The highest BCUT2D eigenvalue weighted by Crippen LogP contribution is 2.47. The Morgan fingerprint density at radius 3 is 2.67 bits per heavy atom. The number of nitrogens with zero attached hydrogens (tertiary/aromatic N) is 5. The molecule has 0 aromatic carbocycles. The van der Waals surface area contributed by atoms with Gasteiger partial charge in [0.15, 0.2) is 22.3 Å². The predicted molar refractivity (Wildman–Crippen MR) is 144 cm³/mol. The molecule has 206 valence electrons. The molecule has 0 saturated carbocycles. The number of aliphatic imine (C=N–C) groups is 1. The van der Waals surface area contributed by atoms with Crippen molar-refractivity contribution in [1.82, 2.24) is 20.1 Å². The van der Waals surface area contributed by atoms with Crippen LogP contribution in [0.3, 0.4) is 0 Å². The lowest BCUT2D eigenvalue weighted by Gasteiger charge is -2.55. The molecule has 3 aliphatic heterocycles. The zero-order chi connectivity index (χ0) is 28.6. The fourth-order valence-corrected chi connectivity index (χ4v) is 6.24. The number of hydrogen-bond acceptors (Lipinski definition) is 15. The summed E-state index contributed by atoms with van der Waals surface area (Å²) in [6.07, 6.45) is 0.850. The van der Waals surface area contributed by atoms with E-state index in [4.69, 9.17) is 39.4 Å². The summed E-state index contributed by atoms with van der Waals surface area (Å²) >= 11 is 7.24. The molecule has 4 rings (SSSR count). The summed E-state index contributed by atoms with van der Waals surface area (Å²) in [5.74, 6) is -4.41. The first-order valence-corrected chi connectivity index (χ1v) is 13.2. The number of guanidine groups is 1. The predicted octanol–water partition coefficient (Wildman–Crippen LogP) is -1.93. The van der Waals surface area contributed by atoms with E-state index in [-0.39, 0.29) is 39.5 Å². The number of hydrogen-bond donors (Lipinski definition) is 6. The number of rotatable bonds is 9. The summed E-state index contributed by atoms with van der Waals surface area (Å²) in [7, 11) is 1.62. The number of aromatic nitrogens is 1. The second kappa shape index (κ2) is 10.6. The van der Waals surface area contributed by atoms with E-state index in [1.54, 1.807) is 7.05 Å². The number of anilines is 1. The quantitative estimate of drug-likeness (QED) is 0.0787. The van der Waals surface area contributed by atoms with Gasteiger partial charge in [0.1, 0.15) is 22.9 Å². The molecule has 39 heavy (non-hydrogen) atoms. The van der Waals surface area contributed by atoms with Crippen LogP contribution in [0.4, 0.5) is 5.13 Å². The van der Waals surface area contributed by atoms with Gasteiger partial charge in [-0.25, -0.2) is 19.6 Å². The molecule has 0 bridgehead atoms. The molecular weight excluding hydrogens is 574 g/mol. The maximum absolute atomic E-state index is 13.5. The smallest absolute Gasteiger partial charge is 0.353 e. The number of carbonyl (C=O) groups excluding carboxylic acids is 2. The molecule has 3 aliphatic rings. The minimum atomic E-state index is -1.81. The first-order valence-electron chi connectivity index (χ1n) is 10.8. The third-order valence-electron chi connectivity index (χ3n) is 5.82. The molecular formula is C20H21N9O7S3. The topological polar surface area (TPSA) is 252 Å². The molecule has 2 amide bonds. The molecule has 1 saturated heterocycles. The van der Waals surface area contributed by atoms with Crippen LogP contribution in [-0.4, -0.2) is 102 Å². The van der Waals surface area contributed by atoms with Crippen molar-refractivity contribution in [1.29, 1.82) is 0 Å². The highest BCUT2D eigenvalue weighted by Gasteiger charge is 2.65. The number of likely N-dealkylation sites (N-methyl/N-ethyl adjacent to an activating group) is 1. The number of oxime groups is 1. The number of allylic oxidation sites excluding steroid dienone is 1. The minimum Gasteiger partial charge on any atom is -0.479 e. The lowest BCUT2D eigenvalue weighted by atomic mass is 9.87. The molecule has 1 aromatic heterocycles. The van der Waals surface area contributed by atoms with Crippen LogP contribution < -0.4 is 22.5 Å². The van der Waals surface area contributed by atoms with Crippen molar-refractivity contribution in [2.45, 2.75) is 17.1 Å². The van der Waals surface area contributed by atoms with Gasteiger partial charge in [-0.1, -0.05) is 17.4 Å². The van der Waals surface area contributed by atoms with Gasteiger partial charge >= 0.3 is 11.9 Å². The van der Waals surface area contributed by atoms with Crippen molar-refractivity contribution in [3.8, 4) is 0 Å². The fourth-order valence-electron chi connectivity index (χ4n) is 3.86. The first kappa shape index (κ1) is 28.0. The third-order valence-corrected chi connectivity index (χ3v) is 8.22. The fraction of sp³-hybridized carbons (Fsp3) is 0.300. The van der Waals surface area contributed by atoms with E-state index in [0.717, 1.165) is 33.4 Å². The summed E-state index contributed by atoms with van der Waals surface area (Å²) in [5, 5.41) is 26.5. The minimum absolute atomic E-state index is 0.0331. The first-order chi connectivity index (χ1) is 18.4. The lowest BCUT2D eigenvalue weighted by molar-refractivity contribution is -0.153. The SMILES string of the molecule is CN1C(N)=NC(C2=C(C(=O)O)N3C(=O)[C@](C=S)(NC(=O)/C(=N\OCC(=O)O)c4csc(N)n4)[C@H]3SC2)=CC1N. The van der Waals surface area contributed by atoms with E-state index in [9.17, 15) is 24.3 Å². The second-order valence-corrected chi connectivity index (χ2v) is 10.4. The van der Waals surface area contributed by atoms with Gasteiger partial charge in [-0.15, -0.1) is 23.1 Å². The van der Waals surface area contributed by atoms with Crippen LogP contribution in [0.25, 0.3) is 0 Å². The summed E-state index contributed by atoms with van der Waals surface area (Å²) < 4.78 is 0. The number of carboxylic acids is 2. The van der Waals surface area contributed by atoms with Crippen molar-refractivity contribution < 1.29 is 34.2 Å². The number of fused-ring (bicyclic) bond motifs is 1. The van der Waals surface area contributed by atoms with Gasteiger partial charge in [0.2, 0.25) is 6.61 Å². The van der Waals surface area contributed by atoms with Gasteiger partial charge in [-0.05, 0) is 6.08 Å². The van der Waals surface area contributed by atoms with E-state index in [2.05, 4.69) is 20.4 Å². The van der Waals surface area contributed by atoms with Crippen LogP contribution >= 0.6 is 35.3 Å². The van der Waals surface area contributed by atoms with Crippen molar-refractivity contribution in [3.63, 3.8) is 0 Å². The number of nitrogen functional groups attached to an aromatic ring is 1. The van der Waals surface area contributed by atoms with Crippen LogP contribution in [0.5, 0.6) is 0 Å². The van der Waals surface area contributed by atoms with Crippen LogP contribution in [0.2, 0.25) is 0 Å². The van der Waals surface area contributed by atoms with Crippen molar-refractivity contribution in [2.24, 2.45) is 21.6 Å². The monoisotopic (exact) mass is 595 g/mol. The Balaban J connectivity index is 1.66. The van der Waals surface area contributed by atoms with Crippen LogP contribution in [0.15, 0.2) is 38.6 Å². The number of β-lactam (4-membered cyclic amide) rings is 1. The number of thiocarbonyl (C=S) groups is 1. The zero-order valence-electron chi connectivity index (χ0n) is 19.9. The van der Waals surface area contributed by atoms with Gasteiger partial charge in [-0.2, -0.15) is 0 Å². The summed E-state index contributed by atoms with van der Waals surface area (Å²) in [6.45, 7) is -0.849. The number of amides is 2. The van der Waals surface area contributed by atoms with Gasteiger partial charge in [0.05, 0.1) is 5.70 Å². The van der Waals surface area contributed by atoms with Crippen LogP contribution in [0, 0.1) is 0 Å². The average Bonchev–Trinajstić information content (AvgIpc) is 3.32. The largest absolute Gasteiger partial charge is 0.479 e. The summed E-state index contributed by atoms with van der Waals surface area (Å²) in [4.78, 5) is 65.3. The Morgan fingerprint density at radius 2 is 2.10 bits per heavy atom. The van der Waals surface area contributed by atoms with E-state index >= 15 is 0 Å². The van der Waals surface area contributed by atoms with Crippen molar-refractivity contribution >= 4 is 81.2 Å². The highest BCUT2D eigenvalue weighted by molar-refractivity contribution is 8.00. The molecule has 1 aromatic rings. The molecule has 4 heterocycles. The maximum atomic E-state index is 13.5. The second-order valence-electron chi connectivity index (χ2n) is 8.21. The summed E-state index contributed by atoms with van der Waals surface area (Å²) in [5.41, 5.74) is 15.4. The molecule has 1 fully saturated rings. The molecule has 0 spiro atoms. The molecule has 1 unspecified atom stereocenters. The van der Waals surface area contributed by atoms with Crippen molar-refractivity contribution in [3.05, 3.63) is 34.1 Å².